The van der Waals surface area contributed by atoms with Crippen molar-refractivity contribution in [1.29, 1.82) is 0 Å². The first-order valence-electron chi connectivity index (χ1n) is 9.32. The van der Waals surface area contributed by atoms with E-state index < -0.39 is 9.84 Å². The van der Waals surface area contributed by atoms with Crippen molar-refractivity contribution < 1.29 is 13.2 Å². The van der Waals surface area contributed by atoms with Crippen molar-refractivity contribution >= 4 is 38.4 Å². The molecule has 2 unspecified atom stereocenters. The molecule has 1 saturated heterocycles. The van der Waals surface area contributed by atoms with E-state index in [0.717, 1.165) is 13.0 Å². The predicted octanol–water partition coefficient (Wildman–Crippen LogP) is 2.79. The summed E-state index contributed by atoms with van der Waals surface area (Å²) in [5.74, 6) is 0.344. The lowest BCUT2D eigenvalue weighted by Gasteiger charge is -2.37. The van der Waals surface area contributed by atoms with Gasteiger partial charge in [-0.1, -0.05) is 6.07 Å². The number of likely N-dealkylation sites (N-methyl/N-ethyl adjacent to an activating group) is 1. The SMILES string of the molecule is CCN(C(=O)CN1CCc2sccc2C1c1cccs1)C1CCS(=O)(=O)C1. The molecule has 146 valence electrons. The molecular weight excluding hydrogens is 400 g/mol. The highest BCUT2D eigenvalue weighted by Crippen LogP contribution is 2.39. The van der Waals surface area contributed by atoms with Gasteiger partial charge in [0, 0.05) is 28.9 Å². The number of hydrogen-bond donors (Lipinski definition) is 0. The lowest BCUT2D eigenvalue weighted by Crippen LogP contribution is -2.48. The molecule has 0 radical (unpaired) electrons. The zero-order valence-electron chi connectivity index (χ0n) is 15.3. The molecule has 0 aromatic carbocycles. The first kappa shape index (κ1) is 19.1. The Hall–Kier alpha value is -1.22. The fourth-order valence-electron chi connectivity index (χ4n) is 4.24. The van der Waals surface area contributed by atoms with Gasteiger partial charge in [-0.3, -0.25) is 9.69 Å². The maximum atomic E-state index is 13.1. The lowest BCUT2D eigenvalue weighted by atomic mass is 9.98. The number of nitrogens with zero attached hydrogens (tertiary/aromatic N) is 2. The summed E-state index contributed by atoms with van der Waals surface area (Å²) in [6, 6.07) is 6.33. The quantitative estimate of drug-likeness (QED) is 0.741. The summed E-state index contributed by atoms with van der Waals surface area (Å²) >= 11 is 3.52. The maximum absolute atomic E-state index is 13.1. The van der Waals surface area contributed by atoms with Gasteiger partial charge >= 0.3 is 0 Å². The van der Waals surface area contributed by atoms with E-state index in [0.29, 0.717) is 19.5 Å². The predicted molar refractivity (Wildman–Crippen MR) is 110 cm³/mol. The zero-order chi connectivity index (χ0) is 19.0. The summed E-state index contributed by atoms with van der Waals surface area (Å²) in [5, 5.41) is 4.22. The molecule has 2 aliphatic heterocycles. The number of thiophene rings is 2. The first-order valence-corrected chi connectivity index (χ1v) is 12.9. The van der Waals surface area contributed by atoms with Gasteiger partial charge in [-0.2, -0.15) is 0 Å². The molecule has 27 heavy (non-hydrogen) atoms. The Labute approximate surface area is 168 Å². The molecule has 4 heterocycles. The highest BCUT2D eigenvalue weighted by molar-refractivity contribution is 7.91. The molecule has 0 spiro atoms. The summed E-state index contributed by atoms with van der Waals surface area (Å²) in [5.41, 5.74) is 1.31. The standard InChI is InChI=1S/C19H24N2O3S3/c1-2-21(14-7-11-27(23,24)13-14)18(22)12-20-8-5-16-15(6-10-26-16)19(20)17-4-3-9-25-17/h3-4,6,9-10,14,19H,2,5,7-8,11-13H2,1H3. The smallest absolute Gasteiger partial charge is 0.237 e. The van der Waals surface area contributed by atoms with Gasteiger partial charge in [0.2, 0.25) is 5.91 Å². The number of sulfone groups is 1. The van der Waals surface area contributed by atoms with Crippen LogP contribution in [-0.4, -0.2) is 61.3 Å². The third kappa shape index (κ3) is 3.85. The van der Waals surface area contributed by atoms with Crippen LogP contribution in [0.1, 0.15) is 34.7 Å². The molecule has 5 nitrogen and oxygen atoms in total. The highest BCUT2D eigenvalue weighted by atomic mass is 32.2. The van der Waals surface area contributed by atoms with Crippen molar-refractivity contribution in [2.75, 3.05) is 31.1 Å². The van der Waals surface area contributed by atoms with Gasteiger partial charge < -0.3 is 4.90 Å². The summed E-state index contributed by atoms with van der Waals surface area (Å²) in [4.78, 5) is 19.8. The van der Waals surface area contributed by atoms with Crippen LogP contribution in [0.3, 0.4) is 0 Å². The van der Waals surface area contributed by atoms with Gasteiger partial charge in [-0.05, 0) is 48.2 Å². The number of amides is 1. The summed E-state index contributed by atoms with van der Waals surface area (Å²) in [7, 11) is -3.00. The third-order valence-corrected chi connectivity index (χ3v) is 9.20. The van der Waals surface area contributed by atoms with E-state index in [1.165, 1.54) is 15.3 Å². The molecule has 2 aliphatic rings. The lowest BCUT2D eigenvalue weighted by molar-refractivity contribution is -0.134. The van der Waals surface area contributed by atoms with E-state index in [4.69, 9.17) is 0 Å². The van der Waals surface area contributed by atoms with Crippen LogP contribution in [0, 0.1) is 0 Å². The summed E-state index contributed by atoms with van der Waals surface area (Å²) in [6.45, 7) is 3.68. The molecule has 0 N–H and O–H groups in total. The Bertz CT molecular complexity index is 905. The molecule has 1 amide bonds. The number of carbonyl (C=O) groups is 1. The van der Waals surface area contributed by atoms with Crippen molar-refractivity contribution in [2.45, 2.75) is 31.8 Å². The first-order chi connectivity index (χ1) is 13.0. The van der Waals surface area contributed by atoms with Crippen LogP contribution in [0.5, 0.6) is 0 Å². The second kappa shape index (κ2) is 7.66. The number of hydrogen-bond acceptors (Lipinski definition) is 6. The Morgan fingerprint density at radius 2 is 2.15 bits per heavy atom. The van der Waals surface area contributed by atoms with Crippen LogP contribution in [-0.2, 0) is 21.1 Å². The van der Waals surface area contributed by atoms with Gasteiger partial charge in [-0.15, -0.1) is 22.7 Å². The van der Waals surface area contributed by atoms with Crippen LogP contribution >= 0.6 is 22.7 Å². The van der Waals surface area contributed by atoms with Gasteiger partial charge in [0.25, 0.3) is 0 Å². The van der Waals surface area contributed by atoms with Crippen LogP contribution in [0.2, 0.25) is 0 Å². The van der Waals surface area contributed by atoms with Crippen molar-refractivity contribution in [3.8, 4) is 0 Å². The topological polar surface area (TPSA) is 57.7 Å². The van der Waals surface area contributed by atoms with Crippen molar-refractivity contribution in [3.05, 3.63) is 44.3 Å². The molecule has 0 saturated carbocycles. The average Bonchev–Trinajstić information content (AvgIpc) is 3.36. The molecule has 1 fully saturated rings. The Morgan fingerprint density at radius 3 is 2.81 bits per heavy atom. The zero-order valence-corrected chi connectivity index (χ0v) is 17.8. The second-order valence-corrected chi connectivity index (χ2v) is 11.4. The fourth-order valence-corrected chi connectivity index (χ4v) is 7.75. The van der Waals surface area contributed by atoms with Gasteiger partial charge in [-0.25, -0.2) is 8.42 Å². The van der Waals surface area contributed by atoms with E-state index >= 15 is 0 Å². The number of fused-ring (bicyclic) bond motifs is 1. The van der Waals surface area contributed by atoms with E-state index in [-0.39, 0.29) is 29.5 Å². The minimum atomic E-state index is -3.00. The van der Waals surface area contributed by atoms with Crippen LogP contribution in [0.4, 0.5) is 0 Å². The fraction of sp³-hybridized carbons (Fsp3) is 0.526. The Morgan fingerprint density at radius 1 is 1.30 bits per heavy atom. The molecule has 8 heteroatoms. The van der Waals surface area contributed by atoms with E-state index in [1.807, 2.05) is 6.92 Å². The van der Waals surface area contributed by atoms with Crippen molar-refractivity contribution in [1.82, 2.24) is 9.80 Å². The van der Waals surface area contributed by atoms with Crippen molar-refractivity contribution in [2.24, 2.45) is 0 Å². The molecule has 2 aromatic rings. The number of carbonyl (C=O) groups excluding carboxylic acids is 1. The normalized spacial score (nSPS) is 24.6. The second-order valence-electron chi connectivity index (χ2n) is 7.17. The monoisotopic (exact) mass is 424 g/mol. The summed E-state index contributed by atoms with van der Waals surface area (Å²) in [6.07, 6.45) is 1.52. The Kier molecular flexibility index (Phi) is 5.42. The van der Waals surface area contributed by atoms with E-state index in [1.54, 1.807) is 27.6 Å². The average molecular weight is 425 g/mol. The van der Waals surface area contributed by atoms with Crippen molar-refractivity contribution in [3.63, 3.8) is 0 Å². The van der Waals surface area contributed by atoms with Gasteiger partial charge in [0.1, 0.15) is 0 Å². The molecule has 0 aliphatic carbocycles. The minimum Gasteiger partial charge on any atom is -0.338 e. The minimum absolute atomic E-state index is 0.0415. The maximum Gasteiger partial charge on any atom is 0.237 e. The molecule has 0 bridgehead atoms. The van der Waals surface area contributed by atoms with E-state index in [2.05, 4.69) is 33.9 Å². The molecule has 4 rings (SSSR count). The summed E-state index contributed by atoms with van der Waals surface area (Å²) < 4.78 is 23.7. The van der Waals surface area contributed by atoms with E-state index in [9.17, 15) is 13.2 Å². The van der Waals surface area contributed by atoms with Gasteiger partial charge in [0.15, 0.2) is 9.84 Å². The van der Waals surface area contributed by atoms with Gasteiger partial charge in [0.05, 0.1) is 24.1 Å². The number of rotatable bonds is 5. The van der Waals surface area contributed by atoms with Crippen LogP contribution in [0.25, 0.3) is 0 Å². The molecule has 2 aromatic heterocycles. The van der Waals surface area contributed by atoms with Crippen LogP contribution in [0.15, 0.2) is 29.0 Å². The molecular formula is C19H24N2O3S3. The largest absolute Gasteiger partial charge is 0.338 e. The molecule has 2 atom stereocenters. The van der Waals surface area contributed by atoms with Crippen LogP contribution < -0.4 is 0 Å². The highest BCUT2D eigenvalue weighted by Gasteiger charge is 2.36. The third-order valence-electron chi connectivity index (χ3n) is 5.53. The Balaban J connectivity index is 1.54.